The Balaban J connectivity index is 0.813. The number of rotatable bonds is 20. The highest BCUT2D eigenvalue weighted by atomic mass is 16.2. The van der Waals surface area contributed by atoms with E-state index < -0.39 is 0 Å². The Kier molecular flexibility index (Phi) is 13.8. The van der Waals surface area contributed by atoms with Crippen LogP contribution in [0, 0.1) is 5.92 Å². The van der Waals surface area contributed by atoms with Gasteiger partial charge in [0.25, 0.3) is 0 Å². The average Bonchev–Trinajstić information content (AvgIpc) is 3.87. The number of para-hydroxylation sites is 2. The quantitative estimate of drug-likeness (QED) is 0.0587. The Morgan fingerprint density at radius 3 is 1.47 bits per heavy atom. The molecule has 0 saturated heterocycles. The van der Waals surface area contributed by atoms with Gasteiger partial charge < -0.3 is 31.2 Å². The van der Waals surface area contributed by atoms with Crippen molar-refractivity contribution < 1.29 is 9.59 Å². The Morgan fingerprint density at radius 2 is 1.02 bits per heavy atom. The number of carbonyl (C=O) groups is 2. The first-order chi connectivity index (χ1) is 31.2. The number of fused-ring (bicyclic) bond motifs is 6. The standard InChI is InChI=1S/C52H60N10O2/c1-4-7-17-43-59-47-49(39-13-9-11-15-41(39)57-51(47)53)61(43)32-37-23-19-35(20-24-37)30-55-45(63)28-27-34(6-3)29-46(64)56-31-36-21-25-38(26-22-36)33-62-44(18-8-5-2)60-48-50(62)40-14-10-12-16-42(40)58-52(48)54/h9-16,19-26,34H,4-8,17-18,27-33H2,1-3H3,(H2,53,57)(H2,54,58)(H,55,63)(H,56,64). The van der Waals surface area contributed by atoms with Gasteiger partial charge in [0.1, 0.15) is 22.7 Å². The summed E-state index contributed by atoms with van der Waals surface area (Å²) < 4.78 is 4.58. The number of imidazole rings is 2. The lowest BCUT2D eigenvalue weighted by Crippen LogP contribution is -2.26. The van der Waals surface area contributed by atoms with E-state index in [-0.39, 0.29) is 17.7 Å². The van der Waals surface area contributed by atoms with Gasteiger partial charge in [0.05, 0.1) is 22.1 Å². The van der Waals surface area contributed by atoms with Gasteiger partial charge in [-0.1, -0.05) is 125 Å². The van der Waals surface area contributed by atoms with Gasteiger partial charge in [-0.3, -0.25) is 9.59 Å². The minimum atomic E-state index is -0.0129. The van der Waals surface area contributed by atoms with Crippen molar-refractivity contribution in [2.24, 2.45) is 5.92 Å². The SMILES string of the molecule is CCCCc1nc2c(N)nc3ccccc3c2n1Cc1ccc(CNC(=O)CCC(CC)CC(=O)NCc2ccc(Cn3c(CCCC)nc4c(N)nc5ccccc5c43)cc2)cc1. The van der Waals surface area contributed by atoms with Crippen LogP contribution in [-0.4, -0.2) is 40.9 Å². The number of nitrogens with two attached hydrogens (primary N) is 2. The molecule has 2 amide bonds. The molecule has 0 fully saturated rings. The van der Waals surface area contributed by atoms with Crippen molar-refractivity contribution >= 4 is 67.3 Å². The molecule has 4 aromatic carbocycles. The van der Waals surface area contributed by atoms with Crippen molar-refractivity contribution in [3.63, 3.8) is 0 Å². The molecule has 6 N–H and O–H groups in total. The van der Waals surface area contributed by atoms with Crippen molar-refractivity contribution in [3.8, 4) is 0 Å². The summed E-state index contributed by atoms with van der Waals surface area (Å²) in [6.45, 7) is 8.65. The van der Waals surface area contributed by atoms with Crippen molar-refractivity contribution in [3.05, 3.63) is 131 Å². The first-order valence-electron chi connectivity index (χ1n) is 23.0. The fourth-order valence-corrected chi connectivity index (χ4v) is 8.70. The van der Waals surface area contributed by atoms with E-state index in [1.807, 2.05) is 36.4 Å². The molecule has 64 heavy (non-hydrogen) atoms. The number of pyridine rings is 2. The second-order valence-corrected chi connectivity index (χ2v) is 17.1. The number of aromatic nitrogens is 6. The van der Waals surface area contributed by atoms with Crippen LogP contribution in [0.4, 0.5) is 11.6 Å². The number of hydrogen-bond acceptors (Lipinski definition) is 8. The van der Waals surface area contributed by atoms with Crippen LogP contribution >= 0.6 is 0 Å². The molecule has 1 atom stereocenters. The van der Waals surface area contributed by atoms with Gasteiger partial charge in [0.2, 0.25) is 11.8 Å². The lowest BCUT2D eigenvalue weighted by molar-refractivity contribution is -0.124. The molecular formula is C52H60N10O2. The third kappa shape index (κ3) is 9.86. The summed E-state index contributed by atoms with van der Waals surface area (Å²) in [5.41, 5.74) is 22.4. The van der Waals surface area contributed by atoms with E-state index in [0.717, 1.165) is 123 Å². The summed E-state index contributed by atoms with van der Waals surface area (Å²) in [7, 11) is 0. The maximum atomic E-state index is 13.1. The lowest BCUT2D eigenvalue weighted by Gasteiger charge is -2.15. The number of aryl methyl sites for hydroxylation is 2. The van der Waals surface area contributed by atoms with Crippen LogP contribution in [0.15, 0.2) is 97.1 Å². The topological polar surface area (TPSA) is 172 Å². The van der Waals surface area contributed by atoms with Crippen LogP contribution in [0.5, 0.6) is 0 Å². The third-order valence-corrected chi connectivity index (χ3v) is 12.4. The molecule has 4 heterocycles. The fourth-order valence-electron chi connectivity index (χ4n) is 8.70. The van der Waals surface area contributed by atoms with Crippen LogP contribution in [0.25, 0.3) is 43.9 Å². The fraction of sp³-hybridized carbons (Fsp3) is 0.346. The molecule has 0 bridgehead atoms. The molecule has 12 heteroatoms. The number of benzene rings is 4. The highest BCUT2D eigenvalue weighted by Crippen LogP contribution is 2.32. The number of unbranched alkanes of at least 4 members (excludes halogenated alkanes) is 2. The number of nitrogen functional groups attached to an aromatic ring is 2. The molecule has 12 nitrogen and oxygen atoms in total. The molecule has 8 aromatic rings. The Bertz CT molecular complexity index is 2900. The summed E-state index contributed by atoms with van der Waals surface area (Å²) in [5, 5.41) is 8.28. The monoisotopic (exact) mass is 856 g/mol. The first kappa shape index (κ1) is 43.8. The zero-order valence-corrected chi connectivity index (χ0v) is 37.4. The zero-order chi connectivity index (χ0) is 44.6. The highest BCUT2D eigenvalue weighted by molar-refractivity contribution is 6.07. The van der Waals surface area contributed by atoms with E-state index in [4.69, 9.17) is 21.4 Å². The summed E-state index contributed by atoms with van der Waals surface area (Å²) in [5.74, 6) is 3.03. The minimum Gasteiger partial charge on any atom is -0.382 e. The molecule has 8 rings (SSSR count). The second kappa shape index (κ2) is 20.1. The normalized spacial score (nSPS) is 12.1. The Hall–Kier alpha value is -6.82. The molecule has 4 aromatic heterocycles. The van der Waals surface area contributed by atoms with Crippen LogP contribution in [0.3, 0.4) is 0 Å². The highest BCUT2D eigenvalue weighted by Gasteiger charge is 2.20. The van der Waals surface area contributed by atoms with Crippen LogP contribution < -0.4 is 22.1 Å². The molecule has 0 aliphatic rings. The number of carbonyl (C=O) groups excluding carboxylic acids is 2. The summed E-state index contributed by atoms with van der Waals surface area (Å²) in [4.78, 5) is 45.2. The van der Waals surface area contributed by atoms with Gasteiger partial charge in [-0.2, -0.15) is 0 Å². The number of nitrogens with zero attached hydrogens (tertiary/aromatic N) is 6. The van der Waals surface area contributed by atoms with Gasteiger partial charge >= 0.3 is 0 Å². The van der Waals surface area contributed by atoms with Crippen molar-refractivity contribution in [2.45, 2.75) is 111 Å². The second-order valence-electron chi connectivity index (χ2n) is 17.1. The molecular weight excluding hydrogens is 797 g/mol. The molecule has 0 saturated carbocycles. The molecule has 330 valence electrons. The number of anilines is 2. The number of amides is 2. The number of nitrogens with one attached hydrogen (secondary N) is 2. The average molecular weight is 857 g/mol. The van der Waals surface area contributed by atoms with E-state index in [1.54, 1.807) is 0 Å². The van der Waals surface area contributed by atoms with Gasteiger partial charge in [-0.25, -0.2) is 19.9 Å². The summed E-state index contributed by atoms with van der Waals surface area (Å²) >= 11 is 0. The van der Waals surface area contributed by atoms with Crippen molar-refractivity contribution in [1.29, 1.82) is 0 Å². The van der Waals surface area contributed by atoms with Crippen molar-refractivity contribution in [2.75, 3.05) is 11.5 Å². The summed E-state index contributed by atoms with van der Waals surface area (Å²) in [6.07, 6.45) is 8.18. The molecule has 0 spiro atoms. The predicted octanol–water partition coefficient (Wildman–Crippen LogP) is 9.56. The van der Waals surface area contributed by atoms with Crippen LogP contribution in [-0.2, 0) is 48.6 Å². The molecule has 1 unspecified atom stereocenters. The van der Waals surface area contributed by atoms with E-state index in [2.05, 4.69) is 111 Å². The van der Waals surface area contributed by atoms with Crippen LogP contribution in [0.1, 0.15) is 106 Å². The van der Waals surface area contributed by atoms with E-state index in [9.17, 15) is 9.59 Å². The molecule has 0 radical (unpaired) electrons. The third-order valence-electron chi connectivity index (χ3n) is 12.4. The predicted molar refractivity (Wildman–Crippen MR) is 259 cm³/mol. The van der Waals surface area contributed by atoms with Gasteiger partial charge in [0.15, 0.2) is 11.6 Å². The molecule has 0 aliphatic carbocycles. The maximum absolute atomic E-state index is 13.1. The Labute approximate surface area is 374 Å². The minimum absolute atomic E-state index is 0.00514. The van der Waals surface area contributed by atoms with Crippen molar-refractivity contribution in [1.82, 2.24) is 39.7 Å². The van der Waals surface area contributed by atoms with E-state index in [0.29, 0.717) is 57.1 Å². The van der Waals surface area contributed by atoms with Gasteiger partial charge in [0, 0.05) is 62.6 Å². The first-order valence-corrected chi connectivity index (χ1v) is 23.0. The molecule has 0 aliphatic heterocycles. The van der Waals surface area contributed by atoms with Crippen LogP contribution in [0.2, 0.25) is 0 Å². The largest absolute Gasteiger partial charge is 0.382 e. The van der Waals surface area contributed by atoms with E-state index >= 15 is 0 Å². The zero-order valence-electron chi connectivity index (χ0n) is 37.4. The Morgan fingerprint density at radius 1 is 0.578 bits per heavy atom. The lowest BCUT2D eigenvalue weighted by atomic mass is 9.96. The maximum Gasteiger partial charge on any atom is 0.220 e. The van der Waals surface area contributed by atoms with Gasteiger partial charge in [-0.15, -0.1) is 0 Å². The smallest absolute Gasteiger partial charge is 0.220 e. The van der Waals surface area contributed by atoms with E-state index in [1.165, 1.54) is 0 Å². The van der Waals surface area contributed by atoms with Gasteiger partial charge in [-0.05, 0) is 59.6 Å². The number of hydrogen-bond donors (Lipinski definition) is 4. The summed E-state index contributed by atoms with van der Waals surface area (Å²) in [6, 6.07) is 32.9.